The molecule has 6 nitrogen and oxygen atoms in total. The number of H-pyrrole nitrogens is 1. The van der Waals surface area contributed by atoms with Gasteiger partial charge in [-0.25, -0.2) is 13.8 Å². The molecule has 2 aromatic carbocycles. The van der Waals surface area contributed by atoms with Gasteiger partial charge in [-0.15, -0.1) is 0 Å². The van der Waals surface area contributed by atoms with Gasteiger partial charge in [0.15, 0.2) is 5.96 Å². The van der Waals surface area contributed by atoms with Gasteiger partial charge < -0.3 is 20.0 Å². The second-order valence-electron chi connectivity index (χ2n) is 7.08. The molecule has 2 heterocycles. The minimum atomic E-state index is -0.294. The highest BCUT2D eigenvalue weighted by molar-refractivity contribution is 5.83. The molecule has 0 aliphatic carbocycles. The molecule has 31 heavy (non-hydrogen) atoms. The number of nitrogens with one attached hydrogen (secondary N) is 3. The fraction of sp³-hybridized carbons (Fsp3) is 0.217. The van der Waals surface area contributed by atoms with Gasteiger partial charge in [-0.2, -0.15) is 0 Å². The normalized spacial score (nSPS) is 11.8. The molecule has 0 amide bonds. The number of guanidine groups is 1. The monoisotopic (exact) mass is 423 g/mol. The van der Waals surface area contributed by atoms with Crippen LogP contribution in [0.1, 0.15) is 11.3 Å². The molecule has 0 fully saturated rings. The van der Waals surface area contributed by atoms with Gasteiger partial charge in [0.05, 0.1) is 5.69 Å². The molecule has 3 N–H and O–H groups in total. The first-order chi connectivity index (χ1) is 15.1. The van der Waals surface area contributed by atoms with E-state index >= 15 is 0 Å². The first-order valence-corrected chi connectivity index (χ1v) is 10.0. The van der Waals surface area contributed by atoms with Crippen molar-refractivity contribution in [3.63, 3.8) is 0 Å². The van der Waals surface area contributed by atoms with Gasteiger partial charge in [0.1, 0.15) is 17.9 Å². The van der Waals surface area contributed by atoms with E-state index in [1.54, 1.807) is 31.5 Å². The Kier molecular flexibility index (Phi) is 6.26. The van der Waals surface area contributed by atoms with E-state index in [2.05, 4.69) is 25.6 Å². The van der Waals surface area contributed by atoms with E-state index in [9.17, 15) is 8.78 Å². The van der Waals surface area contributed by atoms with E-state index in [-0.39, 0.29) is 11.6 Å². The van der Waals surface area contributed by atoms with E-state index in [1.807, 2.05) is 6.20 Å². The van der Waals surface area contributed by atoms with Crippen LogP contribution in [0.5, 0.6) is 0 Å². The maximum atomic E-state index is 13.3. The molecule has 160 valence electrons. The van der Waals surface area contributed by atoms with E-state index < -0.39 is 0 Å². The lowest BCUT2D eigenvalue weighted by atomic mass is 10.1. The van der Waals surface area contributed by atoms with Crippen LogP contribution in [0.2, 0.25) is 0 Å². The molecule has 0 aliphatic heterocycles. The van der Waals surface area contributed by atoms with E-state index in [0.717, 1.165) is 34.1 Å². The lowest BCUT2D eigenvalue weighted by Crippen LogP contribution is -2.39. The molecule has 0 atom stereocenters. The molecule has 0 unspecified atom stereocenters. The Balaban J connectivity index is 1.24. The van der Waals surface area contributed by atoms with Crippen molar-refractivity contribution >= 4 is 16.9 Å². The number of hydrogen-bond donors (Lipinski definition) is 3. The number of rotatable bonds is 7. The number of fused-ring (bicyclic) bond motifs is 1. The van der Waals surface area contributed by atoms with Gasteiger partial charge in [-0.1, -0.05) is 0 Å². The summed E-state index contributed by atoms with van der Waals surface area (Å²) in [4.78, 5) is 11.8. The molecule has 0 bridgehead atoms. The second kappa shape index (κ2) is 9.42. The van der Waals surface area contributed by atoms with Crippen molar-refractivity contribution in [2.75, 3.05) is 20.1 Å². The number of nitrogens with zero attached hydrogens (tertiary/aromatic N) is 2. The number of benzene rings is 2. The number of aromatic nitrogens is 2. The summed E-state index contributed by atoms with van der Waals surface area (Å²) in [5.74, 6) is 0.613. The molecule has 0 saturated carbocycles. The molecule has 4 aromatic rings. The van der Waals surface area contributed by atoms with Crippen LogP contribution in [0.25, 0.3) is 22.4 Å². The largest absolute Gasteiger partial charge is 0.444 e. The SMILES string of the molecule is CN=C(NCCc1coc(-c2ccc(F)cc2)n1)NCCc1c[nH]c2cc(F)ccc12. The highest BCUT2D eigenvalue weighted by Gasteiger charge is 2.08. The molecule has 0 aliphatic rings. The van der Waals surface area contributed by atoms with Crippen LogP contribution >= 0.6 is 0 Å². The molecule has 0 radical (unpaired) electrons. The second-order valence-corrected chi connectivity index (χ2v) is 7.08. The summed E-state index contributed by atoms with van der Waals surface area (Å²) in [5.41, 5.74) is 3.45. The van der Waals surface area contributed by atoms with Gasteiger partial charge in [0.25, 0.3) is 0 Å². The maximum absolute atomic E-state index is 13.3. The number of halogens is 2. The van der Waals surface area contributed by atoms with Gasteiger partial charge >= 0.3 is 0 Å². The molecule has 0 saturated heterocycles. The van der Waals surface area contributed by atoms with Gasteiger partial charge in [0, 0.05) is 49.2 Å². The molecule has 2 aromatic heterocycles. The minimum absolute atomic E-state index is 0.250. The Bertz CT molecular complexity index is 1180. The number of aliphatic imine (C=N–C) groups is 1. The van der Waals surface area contributed by atoms with E-state index in [1.165, 1.54) is 24.3 Å². The van der Waals surface area contributed by atoms with Crippen LogP contribution in [0, 0.1) is 11.6 Å². The fourth-order valence-corrected chi connectivity index (χ4v) is 3.36. The van der Waals surface area contributed by atoms with Crippen LogP contribution in [-0.2, 0) is 12.8 Å². The Morgan fingerprint density at radius 2 is 1.77 bits per heavy atom. The predicted molar refractivity (Wildman–Crippen MR) is 117 cm³/mol. The van der Waals surface area contributed by atoms with Crippen molar-refractivity contribution < 1.29 is 13.2 Å². The van der Waals surface area contributed by atoms with Crippen molar-refractivity contribution in [1.29, 1.82) is 0 Å². The van der Waals surface area contributed by atoms with Crippen molar-refractivity contribution in [1.82, 2.24) is 20.6 Å². The predicted octanol–water partition coefficient (Wildman–Crippen LogP) is 4.05. The van der Waals surface area contributed by atoms with Gasteiger partial charge in [-0.05, 0) is 54.4 Å². The van der Waals surface area contributed by atoms with Crippen LogP contribution in [0.4, 0.5) is 8.78 Å². The average Bonchev–Trinajstić information content (AvgIpc) is 3.40. The standard InChI is InChI=1S/C23H23F2N5O/c1-26-23(27-10-8-16-13-29-21-12-18(25)6-7-20(16)21)28-11-9-19-14-31-22(30-19)15-2-4-17(24)5-3-15/h2-7,12-14,29H,8-11H2,1H3,(H2,26,27,28). The molecule has 0 spiro atoms. The third-order valence-electron chi connectivity index (χ3n) is 4.96. The Hall–Kier alpha value is -3.68. The molecule has 8 heteroatoms. The van der Waals surface area contributed by atoms with E-state index in [0.29, 0.717) is 31.4 Å². The van der Waals surface area contributed by atoms with Crippen molar-refractivity contribution in [3.05, 3.63) is 77.8 Å². The fourth-order valence-electron chi connectivity index (χ4n) is 3.36. The molecule has 4 rings (SSSR count). The minimum Gasteiger partial charge on any atom is -0.444 e. The van der Waals surface area contributed by atoms with Crippen LogP contribution in [-0.4, -0.2) is 36.1 Å². The van der Waals surface area contributed by atoms with Crippen molar-refractivity contribution in [2.45, 2.75) is 12.8 Å². The summed E-state index contributed by atoms with van der Waals surface area (Å²) in [6.45, 7) is 1.31. The third-order valence-corrected chi connectivity index (χ3v) is 4.96. The van der Waals surface area contributed by atoms with Crippen LogP contribution in [0.15, 0.2) is 64.3 Å². The first kappa shape index (κ1) is 20.6. The van der Waals surface area contributed by atoms with Crippen LogP contribution < -0.4 is 10.6 Å². The maximum Gasteiger partial charge on any atom is 0.226 e. The van der Waals surface area contributed by atoms with Gasteiger partial charge in [0.2, 0.25) is 5.89 Å². The van der Waals surface area contributed by atoms with Gasteiger partial charge in [-0.3, -0.25) is 4.99 Å². The Labute approximate surface area is 178 Å². The lowest BCUT2D eigenvalue weighted by Gasteiger charge is -2.11. The molecular weight excluding hydrogens is 400 g/mol. The summed E-state index contributed by atoms with van der Waals surface area (Å²) >= 11 is 0. The Morgan fingerprint density at radius 1 is 1.03 bits per heavy atom. The summed E-state index contributed by atoms with van der Waals surface area (Å²) in [6, 6.07) is 10.8. The summed E-state index contributed by atoms with van der Waals surface area (Å²) < 4.78 is 31.8. The first-order valence-electron chi connectivity index (χ1n) is 10.0. The van der Waals surface area contributed by atoms with E-state index in [4.69, 9.17) is 4.42 Å². The number of aromatic amines is 1. The molecular formula is C23H23F2N5O. The summed E-state index contributed by atoms with van der Waals surface area (Å²) in [7, 11) is 1.71. The smallest absolute Gasteiger partial charge is 0.226 e. The average molecular weight is 423 g/mol. The highest BCUT2D eigenvalue weighted by Crippen LogP contribution is 2.20. The van der Waals surface area contributed by atoms with Crippen molar-refractivity contribution in [2.24, 2.45) is 4.99 Å². The number of oxazole rings is 1. The van der Waals surface area contributed by atoms with Crippen LogP contribution in [0.3, 0.4) is 0 Å². The Morgan fingerprint density at radius 3 is 2.55 bits per heavy atom. The van der Waals surface area contributed by atoms with Crippen molar-refractivity contribution in [3.8, 4) is 11.5 Å². The zero-order valence-electron chi connectivity index (χ0n) is 17.1. The zero-order chi connectivity index (χ0) is 21.6. The highest BCUT2D eigenvalue weighted by atomic mass is 19.1. The third kappa shape index (κ3) is 5.09. The lowest BCUT2D eigenvalue weighted by molar-refractivity contribution is 0.571. The quantitative estimate of drug-likeness (QED) is 0.310. The summed E-state index contributed by atoms with van der Waals surface area (Å²) in [6.07, 6.45) is 4.94. The topological polar surface area (TPSA) is 78.2 Å². The zero-order valence-corrected chi connectivity index (χ0v) is 17.1. The number of hydrogen-bond acceptors (Lipinski definition) is 3. The summed E-state index contributed by atoms with van der Waals surface area (Å²) in [5, 5.41) is 7.55.